The van der Waals surface area contributed by atoms with Gasteiger partial charge in [0.2, 0.25) is 0 Å². The molecule has 1 aliphatic heterocycles. The lowest BCUT2D eigenvalue weighted by Crippen LogP contribution is -2.19. The Kier molecular flexibility index (Phi) is 2.21. The molecular formula is C6H6FN3. The molecule has 0 amide bonds. The average molecular weight is 139 g/mol. The molecule has 1 heterocycles. The van der Waals surface area contributed by atoms with Crippen LogP contribution in [-0.4, -0.2) is 30.5 Å². The summed E-state index contributed by atoms with van der Waals surface area (Å²) in [5.74, 6) is 0. The van der Waals surface area contributed by atoms with Crippen molar-refractivity contribution in [1.82, 2.24) is 4.90 Å². The summed E-state index contributed by atoms with van der Waals surface area (Å²) >= 11 is 0. The van der Waals surface area contributed by atoms with Gasteiger partial charge < -0.3 is 4.90 Å². The number of alkyl halides is 1. The fraction of sp³-hybridized carbons (Fsp3) is 0.500. The summed E-state index contributed by atoms with van der Waals surface area (Å²) in [6.45, 7) is 1.33. The van der Waals surface area contributed by atoms with Crippen molar-refractivity contribution in [3.8, 4) is 6.07 Å². The lowest BCUT2D eigenvalue weighted by Gasteiger charge is -2.08. The second kappa shape index (κ2) is 3.16. The van der Waals surface area contributed by atoms with Crippen molar-refractivity contribution in [2.45, 2.75) is 6.04 Å². The molecule has 0 aromatic carbocycles. The lowest BCUT2D eigenvalue weighted by atomic mass is 10.3. The van der Waals surface area contributed by atoms with Crippen molar-refractivity contribution >= 4 is 6.34 Å². The number of nitriles is 1. The maximum atomic E-state index is 11.6. The first-order valence-corrected chi connectivity index (χ1v) is 2.89. The predicted molar refractivity (Wildman–Crippen MR) is 33.8 cm³/mol. The fourth-order valence-electron chi connectivity index (χ4n) is 0.651. The number of hydrogen-bond acceptors (Lipinski definition) is 3. The van der Waals surface area contributed by atoms with Crippen LogP contribution in [0.3, 0.4) is 0 Å². The minimum atomic E-state index is -0.466. The second-order valence-corrected chi connectivity index (χ2v) is 1.83. The van der Waals surface area contributed by atoms with E-state index in [1.54, 1.807) is 6.54 Å². The molecule has 1 aliphatic rings. The zero-order valence-electron chi connectivity index (χ0n) is 5.29. The minimum Gasteiger partial charge on any atom is -0.343 e. The molecule has 0 spiro atoms. The Morgan fingerprint density at radius 2 is 2.70 bits per heavy atom. The molecule has 0 aromatic heterocycles. The Hall–Kier alpha value is -1.11. The molecular weight excluding hydrogens is 133 g/mol. The molecule has 0 aromatic rings. The maximum Gasteiger partial charge on any atom is 0.168 e. The lowest BCUT2D eigenvalue weighted by molar-refractivity contribution is 0.405. The van der Waals surface area contributed by atoms with Gasteiger partial charge in [-0.05, 0) is 0 Å². The fourth-order valence-corrected chi connectivity index (χ4v) is 0.651. The van der Waals surface area contributed by atoms with E-state index in [1.807, 2.05) is 6.07 Å². The van der Waals surface area contributed by atoms with Gasteiger partial charge in [-0.15, -0.1) is 0 Å². The highest BCUT2D eigenvalue weighted by molar-refractivity contribution is 5.60. The summed E-state index contributed by atoms with van der Waals surface area (Å²) in [7, 11) is 0. The van der Waals surface area contributed by atoms with E-state index in [0.29, 0.717) is 0 Å². The van der Waals surface area contributed by atoms with Gasteiger partial charge >= 0.3 is 0 Å². The molecule has 52 valence electrons. The molecule has 0 bridgehead atoms. The molecule has 3 nitrogen and oxygen atoms in total. The molecule has 4 heteroatoms. The summed E-state index contributed by atoms with van der Waals surface area (Å²) < 4.78 is 11.6. The van der Waals surface area contributed by atoms with Gasteiger partial charge in [0.05, 0.1) is 12.6 Å². The number of nitrogens with zero attached hydrogens (tertiary/aromatic N) is 3. The third-order valence-electron chi connectivity index (χ3n) is 1.10. The molecule has 1 rings (SSSR count). The van der Waals surface area contributed by atoms with E-state index in [9.17, 15) is 4.39 Å². The Labute approximate surface area is 58.8 Å². The highest BCUT2D eigenvalue weighted by Crippen LogP contribution is 2.06. The highest BCUT2D eigenvalue weighted by Gasteiger charge is 2.16. The smallest absolute Gasteiger partial charge is 0.168 e. The molecule has 1 atom stereocenters. The first kappa shape index (κ1) is 7.00. The molecule has 0 fully saturated rings. The first-order chi connectivity index (χ1) is 4.86. The largest absolute Gasteiger partial charge is 0.343 e. The van der Waals surface area contributed by atoms with Gasteiger partial charge in [-0.3, -0.25) is 0 Å². The number of rotatable bonds is 2. The zero-order valence-corrected chi connectivity index (χ0v) is 5.29. The molecule has 1 unspecified atom stereocenters. The Morgan fingerprint density at radius 3 is 3.20 bits per heavy atom. The summed E-state index contributed by atoms with van der Waals surface area (Å²) in [5.41, 5.74) is 0. The quantitative estimate of drug-likeness (QED) is 0.549. The van der Waals surface area contributed by atoms with Crippen LogP contribution in [0.25, 0.3) is 0 Å². The standard InChI is InChI=1S/C6H6FN3/c7-1-2-10-4-6(3-8)9-5-10/h4,6H,1-2H2. The van der Waals surface area contributed by atoms with Gasteiger partial charge in [-0.1, -0.05) is 0 Å². The highest BCUT2D eigenvalue weighted by atomic mass is 19.1. The van der Waals surface area contributed by atoms with Crippen molar-refractivity contribution in [3.63, 3.8) is 0 Å². The minimum absolute atomic E-state index is 0.238. The molecule has 0 saturated heterocycles. The third kappa shape index (κ3) is 1.44. The average Bonchev–Trinajstić information content (AvgIpc) is 2.37. The van der Waals surface area contributed by atoms with Gasteiger partial charge in [-0.2, -0.15) is 5.26 Å². The summed E-state index contributed by atoms with van der Waals surface area (Å²) in [5, 5.41) is 8.32. The third-order valence-corrected chi connectivity index (χ3v) is 1.10. The number of halogens is 1. The van der Waals surface area contributed by atoms with Crippen molar-refractivity contribution in [3.05, 3.63) is 6.54 Å². The van der Waals surface area contributed by atoms with Crippen LogP contribution >= 0.6 is 0 Å². The van der Waals surface area contributed by atoms with Crippen LogP contribution in [0, 0.1) is 17.9 Å². The molecule has 10 heavy (non-hydrogen) atoms. The Bertz CT molecular complexity index is 172. The Balaban J connectivity index is 2.32. The molecule has 0 N–H and O–H groups in total. The number of aliphatic imine (C=N–C) groups is 1. The van der Waals surface area contributed by atoms with Crippen LogP contribution in [0.5, 0.6) is 0 Å². The van der Waals surface area contributed by atoms with Crippen LogP contribution in [0.4, 0.5) is 4.39 Å². The van der Waals surface area contributed by atoms with Crippen LogP contribution in [0.1, 0.15) is 0 Å². The normalized spacial score (nSPS) is 23.2. The zero-order chi connectivity index (χ0) is 7.40. The summed E-state index contributed by atoms with van der Waals surface area (Å²) in [6.07, 6.45) is 2.50. The van der Waals surface area contributed by atoms with Gasteiger partial charge in [0.1, 0.15) is 6.67 Å². The van der Waals surface area contributed by atoms with Crippen molar-refractivity contribution < 1.29 is 4.39 Å². The van der Waals surface area contributed by atoms with Crippen molar-refractivity contribution in [1.29, 1.82) is 5.26 Å². The van der Waals surface area contributed by atoms with Crippen LogP contribution in [-0.2, 0) is 0 Å². The number of hydrogen-bond donors (Lipinski definition) is 0. The SMILES string of the molecule is N#CC1[CH]N(CCF)[C]=N1. The maximum absolute atomic E-state index is 11.6. The van der Waals surface area contributed by atoms with Crippen molar-refractivity contribution in [2.75, 3.05) is 13.2 Å². The summed E-state index contributed by atoms with van der Waals surface area (Å²) in [6, 6.07) is 1.44. The van der Waals surface area contributed by atoms with E-state index in [1.165, 1.54) is 4.90 Å². The van der Waals surface area contributed by atoms with Gasteiger partial charge in [0.25, 0.3) is 0 Å². The topological polar surface area (TPSA) is 39.4 Å². The van der Waals surface area contributed by atoms with E-state index in [2.05, 4.69) is 11.3 Å². The van der Waals surface area contributed by atoms with Crippen LogP contribution < -0.4 is 0 Å². The first-order valence-electron chi connectivity index (χ1n) is 2.89. The monoisotopic (exact) mass is 139 g/mol. The van der Waals surface area contributed by atoms with E-state index in [4.69, 9.17) is 5.26 Å². The van der Waals surface area contributed by atoms with Crippen LogP contribution in [0.2, 0.25) is 0 Å². The second-order valence-electron chi connectivity index (χ2n) is 1.83. The van der Waals surface area contributed by atoms with Gasteiger partial charge in [-0.25, -0.2) is 9.38 Å². The predicted octanol–water partition coefficient (Wildman–Crippen LogP) is 0.231. The van der Waals surface area contributed by atoms with Crippen molar-refractivity contribution in [2.24, 2.45) is 4.99 Å². The van der Waals surface area contributed by atoms with Gasteiger partial charge in [0, 0.05) is 6.54 Å². The molecule has 0 aliphatic carbocycles. The van der Waals surface area contributed by atoms with Gasteiger partial charge in [0.15, 0.2) is 12.4 Å². The van der Waals surface area contributed by atoms with E-state index in [0.717, 1.165) is 0 Å². The van der Waals surface area contributed by atoms with E-state index >= 15 is 0 Å². The van der Waals surface area contributed by atoms with E-state index in [-0.39, 0.29) is 6.54 Å². The Morgan fingerprint density at radius 1 is 1.90 bits per heavy atom. The summed E-state index contributed by atoms with van der Waals surface area (Å²) in [4.78, 5) is 5.10. The van der Waals surface area contributed by atoms with E-state index < -0.39 is 12.7 Å². The molecule has 2 radical (unpaired) electrons. The van der Waals surface area contributed by atoms with Crippen LogP contribution in [0.15, 0.2) is 4.99 Å². The molecule has 0 saturated carbocycles.